The van der Waals surface area contributed by atoms with Crippen molar-refractivity contribution in [2.45, 2.75) is 12.8 Å². The van der Waals surface area contributed by atoms with Crippen molar-refractivity contribution < 1.29 is 0 Å². The van der Waals surface area contributed by atoms with Gasteiger partial charge in [-0.25, -0.2) is 4.98 Å². The number of rotatable bonds is 0. The van der Waals surface area contributed by atoms with E-state index in [1.807, 2.05) is 6.20 Å². The van der Waals surface area contributed by atoms with E-state index < -0.39 is 0 Å². The van der Waals surface area contributed by atoms with E-state index in [0.717, 1.165) is 12.2 Å². The van der Waals surface area contributed by atoms with Crippen LogP contribution in [0.2, 0.25) is 0 Å². The van der Waals surface area contributed by atoms with Crippen LogP contribution in [0.5, 0.6) is 0 Å². The number of H-pyrrole nitrogens is 1. The zero-order chi connectivity index (χ0) is 4.69. The summed E-state index contributed by atoms with van der Waals surface area (Å²) in [6.07, 6.45) is 4.21. The Balaban J connectivity index is 2.71. The molecule has 0 fully saturated rings. The Morgan fingerprint density at radius 2 is 2.57 bits per heavy atom. The minimum absolute atomic E-state index is 1.13. The van der Waals surface area contributed by atoms with Crippen molar-refractivity contribution in [1.82, 2.24) is 9.97 Å². The molecule has 2 rings (SSSR count). The zero-order valence-electron chi connectivity index (χ0n) is 3.94. The fourth-order valence-corrected chi connectivity index (χ4v) is 0.913. The number of nitrogens with one attached hydrogen (secondary N) is 1. The van der Waals surface area contributed by atoms with Gasteiger partial charge in [0.2, 0.25) is 0 Å². The smallest absolute Gasteiger partial charge is 0.106 e. The third-order valence-electron chi connectivity index (χ3n) is 1.31. The van der Waals surface area contributed by atoms with Crippen LogP contribution < -0.4 is 0 Å². The van der Waals surface area contributed by atoms with Gasteiger partial charge in [0.05, 0.1) is 0 Å². The van der Waals surface area contributed by atoms with Crippen LogP contribution in [-0.4, -0.2) is 9.97 Å². The molecular weight excluding hydrogens is 88.1 g/mol. The molecule has 0 aliphatic carbocycles. The number of aromatic amines is 1. The number of fused-ring (bicyclic) bond motifs is 2. The Hall–Kier alpha value is -0.790. The first-order valence-corrected chi connectivity index (χ1v) is 2.48. The van der Waals surface area contributed by atoms with Crippen LogP contribution in [0.3, 0.4) is 0 Å². The minimum atomic E-state index is 1.13. The quantitative estimate of drug-likeness (QED) is 0.498. The van der Waals surface area contributed by atoms with Gasteiger partial charge in [0.25, 0.3) is 0 Å². The van der Waals surface area contributed by atoms with E-state index in [2.05, 4.69) is 9.97 Å². The lowest BCUT2D eigenvalue weighted by molar-refractivity contribution is 0.935. The fourth-order valence-electron chi connectivity index (χ4n) is 0.913. The third-order valence-corrected chi connectivity index (χ3v) is 1.31. The van der Waals surface area contributed by atoms with Gasteiger partial charge in [-0.3, -0.25) is 0 Å². The number of hydrogen-bond acceptors (Lipinski definition) is 1. The highest BCUT2D eigenvalue weighted by Crippen LogP contribution is 2.08. The topological polar surface area (TPSA) is 28.7 Å². The molecule has 1 aliphatic heterocycles. The van der Waals surface area contributed by atoms with Crippen LogP contribution in [0.15, 0.2) is 6.20 Å². The number of nitrogens with zero attached hydrogens (tertiary/aromatic N) is 1. The summed E-state index contributed by atoms with van der Waals surface area (Å²) in [6, 6.07) is 0. The monoisotopic (exact) mass is 94.1 g/mol. The van der Waals surface area contributed by atoms with Crippen LogP contribution in [0.25, 0.3) is 0 Å². The van der Waals surface area contributed by atoms with Crippen LogP contribution in [0.4, 0.5) is 0 Å². The van der Waals surface area contributed by atoms with Crippen molar-refractivity contribution in [2.75, 3.05) is 0 Å². The first kappa shape index (κ1) is 3.24. The average Bonchev–Trinajstić information content (AvgIpc) is 2.22. The van der Waals surface area contributed by atoms with Gasteiger partial charge in [-0.2, -0.15) is 0 Å². The van der Waals surface area contributed by atoms with Crippen molar-refractivity contribution in [3.63, 3.8) is 0 Å². The van der Waals surface area contributed by atoms with Crippen LogP contribution >= 0.6 is 0 Å². The van der Waals surface area contributed by atoms with Gasteiger partial charge >= 0.3 is 0 Å². The molecule has 36 valence electrons. The summed E-state index contributed by atoms with van der Waals surface area (Å²) in [7, 11) is 0. The molecule has 1 aromatic rings. The second-order valence-corrected chi connectivity index (χ2v) is 1.86. The molecule has 0 aromatic carbocycles. The molecule has 0 saturated carbocycles. The van der Waals surface area contributed by atoms with Crippen molar-refractivity contribution in [1.29, 1.82) is 0 Å². The van der Waals surface area contributed by atoms with E-state index in [-0.39, 0.29) is 0 Å². The summed E-state index contributed by atoms with van der Waals surface area (Å²) >= 11 is 0. The molecule has 2 nitrogen and oxygen atoms in total. The Morgan fingerprint density at radius 3 is 2.71 bits per heavy atom. The SMILES string of the molecule is c1nc2[nH]c1CC2. The largest absolute Gasteiger partial charge is 0.346 e. The van der Waals surface area contributed by atoms with Crippen molar-refractivity contribution in [2.24, 2.45) is 0 Å². The Kier molecular flexibility index (Phi) is 0.410. The van der Waals surface area contributed by atoms with E-state index in [9.17, 15) is 0 Å². The van der Waals surface area contributed by atoms with Gasteiger partial charge in [-0.1, -0.05) is 0 Å². The molecular formula is C5H6N2. The maximum absolute atomic E-state index is 4.05. The molecule has 0 radical (unpaired) electrons. The normalized spacial score (nSPS) is 15.4. The first-order chi connectivity index (χ1) is 3.45. The summed E-state index contributed by atoms with van der Waals surface area (Å²) < 4.78 is 0. The van der Waals surface area contributed by atoms with Crippen molar-refractivity contribution >= 4 is 0 Å². The van der Waals surface area contributed by atoms with Gasteiger partial charge in [0.15, 0.2) is 0 Å². The molecule has 2 heterocycles. The van der Waals surface area contributed by atoms with Gasteiger partial charge < -0.3 is 4.98 Å². The lowest BCUT2D eigenvalue weighted by Crippen LogP contribution is -1.85. The molecule has 0 saturated heterocycles. The number of aromatic nitrogens is 2. The van der Waals surface area contributed by atoms with Gasteiger partial charge in [-0.15, -0.1) is 0 Å². The summed E-state index contributed by atoms with van der Waals surface area (Å²) in [5.41, 5.74) is 1.29. The zero-order valence-corrected chi connectivity index (χ0v) is 3.94. The molecule has 1 aromatic heterocycles. The second-order valence-electron chi connectivity index (χ2n) is 1.86. The van der Waals surface area contributed by atoms with E-state index in [1.54, 1.807) is 0 Å². The lowest BCUT2D eigenvalue weighted by Gasteiger charge is -1.84. The summed E-state index contributed by atoms with van der Waals surface area (Å²) in [6.45, 7) is 0. The molecule has 0 unspecified atom stereocenters. The Bertz CT molecular complexity index is 159. The molecule has 0 spiro atoms. The van der Waals surface area contributed by atoms with Crippen molar-refractivity contribution in [3.05, 3.63) is 17.7 Å². The fraction of sp³-hybridized carbons (Fsp3) is 0.400. The molecule has 0 atom stereocenters. The molecule has 0 amide bonds. The second kappa shape index (κ2) is 0.886. The molecule has 1 N–H and O–H groups in total. The van der Waals surface area contributed by atoms with E-state index in [1.165, 1.54) is 12.1 Å². The molecule has 2 heteroatoms. The number of aryl methyl sites for hydroxylation is 2. The number of hydrogen-bond donors (Lipinski definition) is 1. The van der Waals surface area contributed by atoms with Gasteiger partial charge in [0.1, 0.15) is 5.82 Å². The maximum atomic E-state index is 4.05. The standard InChI is InChI=1S/C5H6N2/c1-2-5-6-3-4(1)7-5/h3H,1-2H2,(H,6,7). The molecule has 1 aliphatic rings. The molecule has 7 heavy (non-hydrogen) atoms. The van der Waals surface area contributed by atoms with Crippen molar-refractivity contribution in [3.8, 4) is 0 Å². The predicted molar refractivity (Wildman–Crippen MR) is 26.0 cm³/mol. The highest BCUT2D eigenvalue weighted by Gasteiger charge is 2.07. The van der Waals surface area contributed by atoms with E-state index in [4.69, 9.17) is 0 Å². The number of imidazole rings is 1. The van der Waals surface area contributed by atoms with Gasteiger partial charge in [0, 0.05) is 18.3 Å². The average molecular weight is 94.1 g/mol. The van der Waals surface area contributed by atoms with Crippen LogP contribution in [0, 0.1) is 0 Å². The lowest BCUT2D eigenvalue weighted by atomic mass is 10.3. The maximum Gasteiger partial charge on any atom is 0.106 e. The molecule has 2 bridgehead atoms. The van der Waals surface area contributed by atoms with E-state index in [0.29, 0.717) is 0 Å². The van der Waals surface area contributed by atoms with Gasteiger partial charge in [-0.05, 0) is 6.42 Å². The minimum Gasteiger partial charge on any atom is -0.346 e. The predicted octanol–water partition coefficient (Wildman–Crippen LogP) is 0.508. The van der Waals surface area contributed by atoms with Crippen LogP contribution in [-0.2, 0) is 12.8 Å². The Labute approximate surface area is 41.6 Å². The third kappa shape index (κ3) is 0.308. The summed E-state index contributed by atoms with van der Waals surface area (Å²) in [4.78, 5) is 7.19. The summed E-state index contributed by atoms with van der Waals surface area (Å²) in [5, 5.41) is 0. The highest BCUT2D eigenvalue weighted by atomic mass is 14.9. The Morgan fingerprint density at radius 1 is 1.57 bits per heavy atom. The van der Waals surface area contributed by atoms with Crippen LogP contribution in [0.1, 0.15) is 11.5 Å². The summed E-state index contributed by atoms with van der Waals surface area (Å²) in [5.74, 6) is 1.15. The van der Waals surface area contributed by atoms with E-state index >= 15 is 0 Å². The highest BCUT2D eigenvalue weighted by molar-refractivity contribution is 5.09. The first-order valence-electron chi connectivity index (χ1n) is 2.48.